The summed E-state index contributed by atoms with van der Waals surface area (Å²) < 4.78 is 0. The van der Waals surface area contributed by atoms with Crippen LogP contribution in [0.3, 0.4) is 0 Å². The Bertz CT molecular complexity index is 223. The molecule has 0 saturated carbocycles. The number of rotatable bonds is 2. The van der Waals surface area contributed by atoms with Gasteiger partial charge in [-0.2, -0.15) is 0 Å². The average molecular weight is 179 g/mol. The molecular weight excluding hydrogens is 158 g/mol. The van der Waals surface area contributed by atoms with Crippen molar-refractivity contribution in [3.8, 4) is 0 Å². The predicted molar refractivity (Wildman–Crippen MR) is 58.3 cm³/mol. The van der Waals surface area contributed by atoms with E-state index in [0.717, 1.165) is 12.8 Å². The minimum Gasteiger partial charge on any atom is -0.347 e. The van der Waals surface area contributed by atoms with E-state index in [-0.39, 0.29) is 0 Å². The molecule has 0 N–H and O–H groups in total. The molecule has 0 aromatic rings. The second kappa shape index (κ2) is 3.99. The van der Waals surface area contributed by atoms with Crippen molar-refractivity contribution < 1.29 is 0 Å². The maximum Gasteiger partial charge on any atom is 0.0279 e. The van der Waals surface area contributed by atoms with Crippen molar-refractivity contribution in [2.45, 2.75) is 46.6 Å². The molecule has 13 heavy (non-hydrogen) atoms. The van der Waals surface area contributed by atoms with Crippen LogP contribution in [-0.2, 0) is 0 Å². The standard InChI is InChI=1S/C12H21N/c1-9(2)12-8-6-7-11(5)13(12)10(3)4/h8-10H,5-7H2,1-4H3. The van der Waals surface area contributed by atoms with Crippen molar-refractivity contribution in [1.82, 2.24) is 4.90 Å². The molecule has 0 atom stereocenters. The third-order valence-electron chi connectivity index (χ3n) is 2.51. The summed E-state index contributed by atoms with van der Waals surface area (Å²) in [4.78, 5) is 2.38. The summed E-state index contributed by atoms with van der Waals surface area (Å²) in [6, 6.07) is 0.543. The topological polar surface area (TPSA) is 3.24 Å². The Hall–Kier alpha value is -0.720. The fraction of sp³-hybridized carbons (Fsp3) is 0.667. The molecule has 0 aliphatic carbocycles. The average Bonchev–Trinajstić information content (AvgIpc) is 2.02. The molecule has 0 amide bonds. The van der Waals surface area contributed by atoms with E-state index in [9.17, 15) is 0 Å². The molecule has 74 valence electrons. The second-order valence-electron chi connectivity index (χ2n) is 4.35. The second-order valence-corrected chi connectivity index (χ2v) is 4.35. The summed E-state index contributed by atoms with van der Waals surface area (Å²) in [5.74, 6) is 0.611. The first-order valence-electron chi connectivity index (χ1n) is 5.21. The van der Waals surface area contributed by atoms with Gasteiger partial charge < -0.3 is 4.90 Å². The lowest BCUT2D eigenvalue weighted by molar-refractivity contribution is 0.300. The molecule has 0 unspecified atom stereocenters. The van der Waals surface area contributed by atoms with Crippen LogP contribution < -0.4 is 0 Å². The molecule has 1 rings (SSSR count). The predicted octanol–water partition coefficient (Wildman–Crippen LogP) is 3.54. The van der Waals surface area contributed by atoms with E-state index in [1.165, 1.54) is 11.4 Å². The van der Waals surface area contributed by atoms with Crippen molar-refractivity contribution >= 4 is 0 Å². The van der Waals surface area contributed by atoms with Crippen LogP contribution in [0.2, 0.25) is 0 Å². The lowest BCUT2D eigenvalue weighted by atomic mass is 9.99. The molecule has 0 radical (unpaired) electrons. The first-order valence-corrected chi connectivity index (χ1v) is 5.21. The molecule has 1 nitrogen and oxygen atoms in total. The Kier molecular flexibility index (Phi) is 3.18. The van der Waals surface area contributed by atoms with E-state index in [0.29, 0.717) is 12.0 Å². The first kappa shape index (κ1) is 10.4. The van der Waals surface area contributed by atoms with E-state index < -0.39 is 0 Å². The van der Waals surface area contributed by atoms with Gasteiger partial charge in [-0.3, -0.25) is 0 Å². The van der Waals surface area contributed by atoms with Crippen molar-refractivity contribution in [2.24, 2.45) is 5.92 Å². The maximum absolute atomic E-state index is 4.13. The van der Waals surface area contributed by atoms with Gasteiger partial charge in [-0.15, -0.1) is 0 Å². The van der Waals surface area contributed by atoms with Crippen LogP contribution in [0.4, 0.5) is 0 Å². The van der Waals surface area contributed by atoms with Crippen LogP contribution in [0.1, 0.15) is 40.5 Å². The molecule has 0 fully saturated rings. The zero-order valence-electron chi connectivity index (χ0n) is 9.30. The Balaban J connectivity index is 2.90. The summed E-state index contributed by atoms with van der Waals surface area (Å²) in [5.41, 5.74) is 2.73. The van der Waals surface area contributed by atoms with Crippen LogP contribution in [0.5, 0.6) is 0 Å². The largest absolute Gasteiger partial charge is 0.347 e. The Morgan fingerprint density at radius 2 is 1.92 bits per heavy atom. The normalized spacial score (nSPS) is 18.5. The van der Waals surface area contributed by atoms with Gasteiger partial charge in [0.15, 0.2) is 0 Å². The highest BCUT2D eigenvalue weighted by atomic mass is 15.2. The molecule has 1 heteroatoms. The molecular formula is C12H21N. The van der Waals surface area contributed by atoms with E-state index in [2.05, 4.69) is 45.2 Å². The summed E-state index contributed by atoms with van der Waals surface area (Å²) in [7, 11) is 0. The van der Waals surface area contributed by atoms with Gasteiger partial charge in [-0.1, -0.05) is 26.5 Å². The van der Waals surface area contributed by atoms with Crippen molar-refractivity contribution in [2.75, 3.05) is 0 Å². The molecule has 1 aliphatic rings. The Labute approximate surface area is 82.1 Å². The fourth-order valence-corrected chi connectivity index (χ4v) is 1.97. The van der Waals surface area contributed by atoms with Gasteiger partial charge in [0.1, 0.15) is 0 Å². The molecule has 0 aromatic carbocycles. The summed E-state index contributed by atoms with van der Waals surface area (Å²) in [6.45, 7) is 13.1. The quantitative estimate of drug-likeness (QED) is 0.626. The van der Waals surface area contributed by atoms with Gasteiger partial charge in [0.05, 0.1) is 0 Å². The summed E-state index contributed by atoms with van der Waals surface area (Å²) in [6.07, 6.45) is 4.64. The van der Waals surface area contributed by atoms with E-state index in [4.69, 9.17) is 0 Å². The highest BCUT2D eigenvalue weighted by Crippen LogP contribution is 2.29. The van der Waals surface area contributed by atoms with E-state index >= 15 is 0 Å². The van der Waals surface area contributed by atoms with Gasteiger partial charge in [0.2, 0.25) is 0 Å². The fourth-order valence-electron chi connectivity index (χ4n) is 1.97. The monoisotopic (exact) mass is 179 g/mol. The van der Waals surface area contributed by atoms with Gasteiger partial charge in [0, 0.05) is 17.4 Å². The third-order valence-corrected chi connectivity index (χ3v) is 2.51. The molecule has 1 heterocycles. The maximum atomic E-state index is 4.13. The summed E-state index contributed by atoms with van der Waals surface area (Å²) >= 11 is 0. The zero-order valence-corrected chi connectivity index (χ0v) is 9.30. The van der Waals surface area contributed by atoms with Crippen molar-refractivity contribution in [3.63, 3.8) is 0 Å². The van der Waals surface area contributed by atoms with Crippen molar-refractivity contribution in [3.05, 3.63) is 24.0 Å². The minimum atomic E-state index is 0.543. The van der Waals surface area contributed by atoms with Crippen LogP contribution >= 0.6 is 0 Å². The number of hydrogen-bond donors (Lipinski definition) is 0. The summed E-state index contributed by atoms with van der Waals surface area (Å²) in [5, 5.41) is 0. The van der Waals surface area contributed by atoms with Crippen LogP contribution in [0.15, 0.2) is 24.0 Å². The minimum absolute atomic E-state index is 0.543. The molecule has 0 saturated heterocycles. The van der Waals surface area contributed by atoms with E-state index in [1.807, 2.05) is 0 Å². The lowest BCUT2D eigenvalue weighted by Gasteiger charge is -2.37. The highest BCUT2D eigenvalue weighted by Gasteiger charge is 2.21. The molecule has 0 aromatic heterocycles. The number of hydrogen-bond acceptors (Lipinski definition) is 1. The Morgan fingerprint density at radius 1 is 1.31 bits per heavy atom. The lowest BCUT2D eigenvalue weighted by Crippen LogP contribution is -2.33. The smallest absolute Gasteiger partial charge is 0.0279 e. The van der Waals surface area contributed by atoms with E-state index in [1.54, 1.807) is 0 Å². The molecule has 0 spiro atoms. The number of allylic oxidation sites excluding steroid dienone is 3. The van der Waals surface area contributed by atoms with Gasteiger partial charge >= 0.3 is 0 Å². The van der Waals surface area contributed by atoms with Crippen molar-refractivity contribution in [1.29, 1.82) is 0 Å². The number of nitrogens with zero attached hydrogens (tertiary/aromatic N) is 1. The van der Waals surface area contributed by atoms with Gasteiger partial charge in [-0.25, -0.2) is 0 Å². The third kappa shape index (κ3) is 2.15. The molecule has 1 aliphatic heterocycles. The Morgan fingerprint density at radius 3 is 2.31 bits per heavy atom. The first-order chi connectivity index (χ1) is 6.04. The molecule has 0 bridgehead atoms. The zero-order chi connectivity index (χ0) is 10.0. The van der Waals surface area contributed by atoms with Gasteiger partial charge in [-0.05, 0) is 32.6 Å². The van der Waals surface area contributed by atoms with Crippen LogP contribution in [-0.4, -0.2) is 10.9 Å². The van der Waals surface area contributed by atoms with Crippen LogP contribution in [0, 0.1) is 5.92 Å². The van der Waals surface area contributed by atoms with Crippen LogP contribution in [0.25, 0.3) is 0 Å². The van der Waals surface area contributed by atoms with Gasteiger partial charge in [0.25, 0.3) is 0 Å². The SMILES string of the molecule is C=C1CCC=C(C(C)C)N1C(C)C. The highest BCUT2D eigenvalue weighted by molar-refractivity contribution is 5.18.